The molecule has 15 heavy (non-hydrogen) atoms. The zero-order valence-corrected chi connectivity index (χ0v) is 8.21. The maximum atomic E-state index is 11.1. The van der Waals surface area contributed by atoms with Crippen LogP contribution in [0.15, 0.2) is 36.8 Å². The molecule has 0 unspecified atom stereocenters. The highest BCUT2D eigenvalue weighted by molar-refractivity contribution is 5.90. The summed E-state index contributed by atoms with van der Waals surface area (Å²) in [6.45, 7) is 1.45. The van der Waals surface area contributed by atoms with Crippen molar-refractivity contribution >= 4 is 5.78 Å². The van der Waals surface area contributed by atoms with E-state index in [-0.39, 0.29) is 11.6 Å². The van der Waals surface area contributed by atoms with Crippen LogP contribution in [0.25, 0.3) is 11.3 Å². The van der Waals surface area contributed by atoms with Crippen molar-refractivity contribution in [2.24, 2.45) is 0 Å². The minimum absolute atomic E-state index is 0.138. The highest BCUT2D eigenvalue weighted by Gasteiger charge is 2.05. The third-order valence-corrected chi connectivity index (χ3v) is 1.93. The van der Waals surface area contributed by atoms with Crippen molar-refractivity contribution in [1.29, 1.82) is 0 Å². The first-order chi connectivity index (χ1) is 7.27. The molecular formula is C11H9N3O. The lowest BCUT2D eigenvalue weighted by atomic mass is 10.2. The molecule has 0 aliphatic heterocycles. The van der Waals surface area contributed by atoms with E-state index in [1.165, 1.54) is 6.92 Å². The van der Waals surface area contributed by atoms with Gasteiger partial charge in [0.25, 0.3) is 0 Å². The Morgan fingerprint density at radius 3 is 2.80 bits per heavy atom. The largest absolute Gasteiger partial charge is 0.291 e. The lowest BCUT2D eigenvalue weighted by Gasteiger charge is -2.00. The molecule has 0 spiro atoms. The van der Waals surface area contributed by atoms with Gasteiger partial charge in [-0.15, -0.1) is 0 Å². The summed E-state index contributed by atoms with van der Waals surface area (Å²) in [6.07, 6.45) is 4.97. The van der Waals surface area contributed by atoms with Crippen molar-refractivity contribution in [3.05, 3.63) is 42.6 Å². The van der Waals surface area contributed by atoms with E-state index >= 15 is 0 Å². The second-order valence-corrected chi connectivity index (χ2v) is 3.06. The maximum absolute atomic E-state index is 11.1. The number of hydrogen-bond acceptors (Lipinski definition) is 4. The molecule has 2 aromatic heterocycles. The van der Waals surface area contributed by atoms with Crippen molar-refractivity contribution in [1.82, 2.24) is 15.0 Å². The Morgan fingerprint density at radius 1 is 1.27 bits per heavy atom. The summed E-state index contributed by atoms with van der Waals surface area (Å²) in [6, 6.07) is 5.47. The summed E-state index contributed by atoms with van der Waals surface area (Å²) in [7, 11) is 0. The standard InChI is InChI=1S/C11H9N3O/c1-8(15)11-13-6-4-10(14-11)9-3-2-5-12-7-9/h2-7H,1H3. The van der Waals surface area contributed by atoms with E-state index in [0.29, 0.717) is 5.69 Å². The summed E-state index contributed by atoms with van der Waals surface area (Å²) < 4.78 is 0. The summed E-state index contributed by atoms with van der Waals surface area (Å²) in [4.78, 5) is 23.1. The molecule has 0 saturated heterocycles. The van der Waals surface area contributed by atoms with Crippen LogP contribution in [-0.4, -0.2) is 20.7 Å². The van der Waals surface area contributed by atoms with Gasteiger partial charge in [0.2, 0.25) is 0 Å². The first-order valence-corrected chi connectivity index (χ1v) is 4.52. The maximum Gasteiger partial charge on any atom is 0.196 e. The van der Waals surface area contributed by atoms with E-state index in [0.717, 1.165) is 5.56 Å². The smallest absolute Gasteiger partial charge is 0.196 e. The summed E-state index contributed by atoms with van der Waals surface area (Å²) in [5.74, 6) is 0.0945. The number of pyridine rings is 1. The van der Waals surface area contributed by atoms with Gasteiger partial charge in [-0.3, -0.25) is 9.78 Å². The van der Waals surface area contributed by atoms with Gasteiger partial charge in [0, 0.05) is 31.1 Å². The molecule has 0 bridgehead atoms. The normalized spacial score (nSPS) is 9.93. The highest BCUT2D eigenvalue weighted by Crippen LogP contribution is 2.14. The van der Waals surface area contributed by atoms with E-state index in [4.69, 9.17) is 0 Å². The second-order valence-electron chi connectivity index (χ2n) is 3.06. The lowest BCUT2D eigenvalue weighted by molar-refractivity contribution is 0.100. The van der Waals surface area contributed by atoms with Gasteiger partial charge < -0.3 is 0 Å². The predicted molar refractivity (Wildman–Crippen MR) is 55.3 cm³/mol. The Kier molecular flexibility index (Phi) is 2.49. The number of carbonyl (C=O) groups excluding carboxylic acids is 1. The molecule has 0 aliphatic carbocycles. The molecule has 0 fully saturated rings. The van der Waals surface area contributed by atoms with Crippen LogP contribution >= 0.6 is 0 Å². The van der Waals surface area contributed by atoms with Crippen LogP contribution < -0.4 is 0 Å². The number of Topliss-reactive ketones (excluding diaryl/α,β-unsaturated/α-hetero) is 1. The van der Waals surface area contributed by atoms with Gasteiger partial charge in [-0.2, -0.15) is 0 Å². The second kappa shape index (κ2) is 3.96. The number of ketones is 1. The van der Waals surface area contributed by atoms with E-state index in [1.54, 1.807) is 24.7 Å². The van der Waals surface area contributed by atoms with Gasteiger partial charge >= 0.3 is 0 Å². The van der Waals surface area contributed by atoms with Crippen LogP contribution in [0.5, 0.6) is 0 Å². The van der Waals surface area contributed by atoms with Crippen LogP contribution in [0.3, 0.4) is 0 Å². The fourth-order valence-corrected chi connectivity index (χ4v) is 1.20. The fraction of sp³-hybridized carbons (Fsp3) is 0.0909. The first-order valence-electron chi connectivity index (χ1n) is 4.52. The van der Waals surface area contributed by atoms with Gasteiger partial charge in [0.05, 0.1) is 5.69 Å². The Bertz CT molecular complexity index is 482. The van der Waals surface area contributed by atoms with E-state index in [9.17, 15) is 4.79 Å². The minimum atomic E-state index is -0.138. The van der Waals surface area contributed by atoms with Gasteiger partial charge in [0.15, 0.2) is 11.6 Å². The highest BCUT2D eigenvalue weighted by atomic mass is 16.1. The minimum Gasteiger partial charge on any atom is -0.291 e. The van der Waals surface area contributed by atoms with Crippen LogP contribution in [0.4, 0.5) is 0 Å². The summed E-state index contributed by atoms with van der Waals surface area (Å²) in [5.41, 5.74) is 1.59. The van der Waals surface area contributed by atoms with Crippen molar-refractivity contribution in [2.75, 3.05) is 0 Å². The molecule has 74 valence electrons. The lowest BCUT2D eigenvalue weighted by Crippen LogP contribution is -2.01. The number of hydrogen-bond donors (Lipinski definition) is 0. The molecule has 0 aliphatic rings. The summed E-state index contributed by atoms with van der Waals surface area (Å²) >= 11 is 0. The van der Waals surface area contributed by atoms with Crippen LogP contribution in [0.1, 0.15) is 17.5 Å². The van der Waals surface area contributed by atoms with E-state index < -0.39 is 0 Å². The average molecular weight is 199 g/mol. The van der Waals surface area contributed by atoms with Crippen molar-refractivity contribution in [2.45, 2.75) is 6.92 Å². The SMILES string of the molecule is CC(=O)c1nccc(-c2cccnc2)n1. The molecule has 4 nitrogen and oxygen atoms in total. The van der Waals surface area contributed by atoms with E-state index in [2.05, 4.69) is 15.0 Å². The third-order valence-electron chi connectivity index (χ3n) is 1.93. The fourth-order valence-electron chi connectivity index (χ4n) is 1.20. The molecule has 4 heteroatoms. The predicted octanol–water partition coefficient (Wildman–Crippen LogP) is 1.74. The molecule has 0 N–H and O–H groups in total. The first kappa shape index (κ1) is 9.45. The zero-order chi connectivity index (χ0) is 10.7. The van der Waals surface area contributed by atoms with Gasteiger partial charge in [-0.1, -0.05) is 0 Å². The average Bonchev–Trinajstić information content (AvgIpc) is 2.30. The molecule has 2 aromatic rings. The quantitative estimate of drug-likeness (QED) is 0.691. The monoisotopic (exact) mass is 199 g/mol. The summed E-state index contributed by atoms with van der Waals surface area (Å²) in [5, 5.41) is 0. The van der Waals surface area contributed by atoms with Crippen molar-refractivity contribution < 1.29 is 4.79 Å². The van der Waals surface area contributed by atoms with Crippen LogP contribution in [0.2, 0.25) is 0 Å². The van der Waals surface area contributed by atoms with Crippen molar-refractivity contribution in [3.63, 3.8) is 0 Å². The van der Waals surface area contributed by atoms with Crippen LogP contribution in [0, 0.1) is 0 Å². The molecule has 0 saturated carbocycles. The topological polar surface area (TPSA) is 55.7 Å². The third kappa shape index (κ3) is 2.04. The van der Waals surface area contributed by atoms with Gasteiger partial charge in [-0.25, -0.2) is 9.97 Å². The number of aromatic nitrogens is 3. The number of rotatable bonds is 2. The molecular weight excluding hydrogens is 190 g/mol. The zero-order valence-electron chi connectivity index (χ0n) is 8.21. The molecule has 0 amide bonds. The Morgan fingerprint density at radius 2 is 2.13 bits per heavy atom. The molecule has 0 atom stereocenters. The van der Waals surface area contributed by atoms with Gasteiger partial charge in [0.1, 0.15) is 0 Å². The molecule has 2 heterocycles. The molecule has 0 radical (unpaired) electrons. The van der Waals surface area contributed by atoms with Crippen molar-refractivity contribution in [3.8, 4) is 11.3 Å². The number of carbonyl (C=O) groups is 1. The molecule has 0 aromatic carbocycles. The Balaban J connectivity index is 2.46. The van der Waals surface area contributed by atoms with Crippen LogP contribution in [-0.2, 0) is 0 Å². The van der Waals surface area contributed by atoms with Gasteiger partial charge in [-0.05, 0) is 18.2 Å². The Labute approximate surface area is 87.0 Å². The molecule has 2 rings (SSSR count). The number of nitrogens with zero attached hydrogens (tertiary/aromatic N) is 3. The van der Waals surface area contributed by atoms with E-state index in [1.807, 2.05) is 12.1 Å². The Hall–Kier alpha value is -2.10.